The maximum absolute atomic E-state index is 10.2. The second kappa shape index (κ2) is 9.36. The molecule has 35 heavy (non-hydrogen) atoms. The van der Waals surface area contributed by atoms with Gasteiger partial charge in [0.1, 0.15) is 11.6 Å². The Labute approximate surface area is 204 Å². The summed E-state index contributed by atoms with van der Waals surface area (Å²) in [6.45, 7) is 4.57. The van der Waals surface area contributed by atoms with Crippen LogP contribution in [0, 0.1) is 18.3 Å². The minimum atomic E-state index is 0.535. The lowest BCUT2D eigenvalue weighted by Gasteiger charge is -2.12. The first-order valence-corrected chi connectivity index (χ1v) is 11.5. The molecule has 0 spiro atoms. The zero-order valence-corrected chi connectivity index (χ0v) is 19.9. The Morgan fingerprint density at radius 3 is 2.60 bits per heavy atom. The summed E-state index contributed by atoms with van der Waals surface area (Å²) in [5.41, 5.74) is 8.00. The molecule has 2 heterocycles. The van der Waals surface area contributed by atoms with E-state index in [9.17, 15) is 5.26 Å². The molecule has 0 N–H and O–H groups in total. The van der Waals surface area contributed by atoms with Crippen LogP contribution in [0.5, 0.6) is 11.5 Å². The number of fused-ring (bicyclic) bond motifs is 3. The van der Waals surface area contributed by atoms with Crippen molar-refractivity contribution < 1.29 is 9.47 Å². The van der Waals surface area contributed by atoms with E-state index in [2.05, 4.69) is 47.7 Å². The molecule has 0 saturated heterocycles. The van der Waals surface area contributed by atoms with E-state index in [-0.39, 0.29) is 0 Å². The van der Waals surface area contributed by atoms with Gasteiger partial charge in [-0.3, -0.25) is 4.40 Å². The van der Waals surface area contributed by atoms with Gasteiger partial charge in [0, 0.05) is 0 Å². The molecular weight excluding hydrogens is 434 g/mol. The molecule has 0 fully saturated rings. The maximum Gasteiger partial charge on any atom is 0.161 e. The molecule has 3 aromatic carbocycles. The number of hydrogen-bond acceptors (Lipinski definition) is 4. The largest absolute Gasteiger partial charge is 0.493 e. The third-order valence-electron chi connectivity index (χ3n) is 5.97. The SMILES string of the molecule is CCOc1cc(/C=C/c2cc(-c3cccc(C)c3)n3c(nc4ccccc43)c2C#N)ccc1OC. The molecule has 0 aliphatic rings. The van der Waals surface area contributed by atoms with Gasteiger partial charge in [-0.1, -0.05) is 54.1 Å². The molecule has 5 aromatic rings. The third-order valence-corrected chi connectivity index (χ3v) is 5.97. The molecule has 0 amide bonds. The fraction of sp³-hybridized carbons (Fsp3) is 0.133. The lowest BCUT2D eigenvalue weighted by molar-refractivity contribution is 0.311. The van der Waals surface area contributed by atoms with Gasteiger partial charge in [0.05, 0.1) is 30.4 Å². The van der Waals surface area contributed by atoms with Crippen LogP contribution in [0.25, 0.3) is 40.1 Å². The van der Waals surface area contributed by atoms with E-state index in [0.29, 0.717) is 29.3 Å². The van der Waals surface area contributed by atoms with Gasteiger partial charge < -0.3 is 9.47 Å². The summed E-state index contributed by atoms with van der Waals surface area (Å²) in [7, 11) is 1.63. The van der Waals surface area contributed by atoms with Crippen molar-refractivity contribution in [3.05, 3.63) is 95.1 Å². The first-order valence-electron chi connectivity index (χ1n) is 11.5. The van der Waals surface area contributed by atoms with Crippen molar-refractivity contribution in [2.24, 2.45) is 0 Å². The Balaban J connectivity index is 1.73. The van der Waals surface area contributed by atoms with Crippen LogP contribution in [0.2, 0.25) is 0 Å². The average Bonchev–Trinajstić information content (AvgIpc) is 3.26. The van der Waals surface area contributed by atoms with E-state index in [1.165, 1.54) is 5.56 Å². The van der Waals surface area contributed by atoms with Gasteiger partial charge in [0.15, 0.2) is 17.1 Å². The Morgan fingerprint density at radius 1 is 0.971 bits per heavy atom. The zero-order chi connectivity index (χ0) is 24.4. The van der Waals surface area contributed by atoms with E-state index in [4.69, 9.17) is 14.5 Å². The number of nitriles is 1. The van der Waals surface area contributed by atoms with Gasteiger partial charge >= 0.3 is 0 Å². The number of ether oxygens (including phenoxy) is 2. The summed E-state index contributed by atoms with van der Waals surface area (Å²) in [4.78, 5) is 4.84. The molecule has 0 atom stereocenters. The number of aryl methyl sites for hydroxylation is 1. The summed E-state index contributed by atoms with van der Waals surface area (Å²) in [5, 5.41) is 10.2. The highest BCUT2D eigenvalue weighted by Crippen LogP contribution is 2.32. The minimum Gasteiger partial charge on any atom is -0.493 e. The van der Waals surface area contributed by atoms with E-state index < -0.39 is 0 Å². The van der Waals surface area contributed by atoms with Crippen molar-refractivity contribution in [1.82, 2.24) is 9.38 Å². The second-order valence-electron chi connectivity index (χ2n) is 8.28. The van der Waals surface area contributed by atoms with Crippen LogP contribution in [0.1, 0.15) is 29.2 Å². The molecule has 0 bridgehead atoms. The predicted octanol–water partition coefficient (Wildman–Crippen LogP) is 6.91. The second-order valence-corrected chi connectivity index (χ2v) is 8.28. The fourth-order valence-corrected chi connectivity index (χ4v) is 4.36. The summed E-state index contributed by atoms with van der Waals surface area (Å²) < 4.78 is 13.2. The van der Waals surface area contributed by atoms with Crippen molar-refractivity contribution in [3.8, 4) is 28.8 Å². The number of pyridine rings is 1. The van der Waals surface area contributed by atoms with E-state index in [1.807, 2.05) is 61.5 Å². The standard InChI is InChI=1S/C30H25N3O2/c1-4-35-29-17-21(13-15-28(29)34-3)12-14-22-18-27(23-9-7-8-20(2)16-23)33-26-11-6-5-10-25(26)32-30(33)24(22)19-31/h5-18H,4H2,1-3H3/b14-12+. The summed E-state index contributed by atoms with van der Waals surface area (Å²) in [5.74, 6) is 1.38. The Bertz CT molecular complexity index is 1620. The smallest absolute Gasteiger partial charge is 0.161 e. The van der Waals surface area contributed by atoms with Gasteiger partial charge in [0.25, 0.3) is 0 Å². The first kappa shape index (κ1) is 22.2. The maximum atomic E-state index is 10.2. The number of methoxy groups -OCH3 is 1. The van der Waals surface area contributed by atoms with Gasteiger partial charge in [-0.05, 0) is 66.9 Å². The van der Waals surface area contributed by atoms with Crippen LogP contribution in [0.15, 0.2) is 72.8 Å². The molecule has 0 radical (unpaired) electrons. The molecule has 0 aliphatic carbocycles. The number of aromatic nitrogens is 2. The van der Waals surface area contributed by atoms with E-state index in [1.54, 1.807) is 7.11 Å². The normalized spacial score (nSPS) is 11.3. The number of rotatable bonds is 6. The van der Waals surface area contributed by atoms with Crippen LogP contribution < -0.4 is 9.47 Å². The third kappa shape index (κ3) is 4.11. The quantitative estimate of drug-likeness (QED) is 0.277. The van der Waals surface area contributed by atoms with Crippen LogP contribution in [0.3, 0.4) is 0 Å². The highest BCUT2D eigenvalue weighted by Gasteiger charge is 2.17. The lowest BCUT2D eigenvalue weighted by atomic mass is 10.0. The van der Waals surface area contributed by atoms with Gasteiger partial charge in [0.2, 0.25) is 0 Å². The molecular formula is C30H25N3O2. The topological polar surface area (TPSA) is 59.5 Å². The minimum absolute atomic E-state index is 0.535. The highest BCUT2D eigenvalue weighted by molar-refractivity contribution is 5.89. The zero-order valence-electron chi connectivity index (χ0n) is 19.9. The number of nitrogens with zero attached hydrogens (tertiary/aromatic N) is 3. The number of hydrogen-bond donors (Lipinski definition) is 0. The highest BCUT2D eigenvalue weighted by atomic mass is 16.5. The van der Waals surface area contributed by atoms with Gasteiger partial charge in [-0.2, -0.15) is 5.26 Å². The van der Waals surface area contributed by atoms with E-state index in [0.717, 1.165) is 33.4 Å². The van der Waals surface area contributed by atoms with Crippen molar-refractivity contribution in [2.75, 3.05) is 13.7 Å². The summed E-state index contributed by atoms with van der Waals surface area (Å²) in [6, 6.07) is 26.6. The molecule has 0 aliphatic heterocycles. The lowest BCUT2D eigenvalue weighted by Crippen LogP contribution is -1.98. The average molecular weight is 460 g/mol. The molecule has 172 valence electrons. The molecule has 5 nitrogen and oxygen atoms in total. The molecule has 0 saturated carbocycles. The van der Waals surface area contributed by atoms with Crippen molar-refractivity contribution >= 4 is 28.8 Å². The summed E-state index contributed by atoms with van der Waals surface area (Å²) >= 11 is 0. The Morgan fingerprint density at radius 2 is 1.83 bits per heavy atom. The first-order chi connectivity index (χ1) is 17.1. The van der Waals surface area contributed by atoms with Crippen LogP contribution in [0.4, 0.5) is 0 Å². The molecule has 0 unspecified atom stereocenters. The number of para-hydroxylation sites is 2. The molecule has 2 aromatic heterocycles. The van der Waals surface area contributed by atoms with E-state index >= 15 is 0 Å². The predicted molar refractivity (Wildman–Crippen MR) is 141 cm³/mol. The van der Waals surface area contributed by atoms with Crippen molar-refractivity contribution in [2.45, 2.75) is 13.8 Å². The van der Waals surface area contributed by atoms with Crippen molar-refractivity contribution in [1.29, 1.82) is 5.26 Å². The fourth-order valence-electron chi connectivity index (χ4n) is 4.36. The summed E-state index contributed by atoms with van der Waals surface area (Å²) in [6.07, 6.45) is 3.95. The molecule has 5 heteroatoms. The van der Waals surface area contributed by atoms with Gasteiger partial charge in [-0.25, -0.2) is 4.98 Å². The van der Waals surface area contributed by atoms with Gasteiger partial charge in [-0.15, -0.1) is 0 Å². The van der Waals surface area contributed by atoms with Crippen LogP contribution >= 0.6 is 0 Å². The number of benzene rings is 3. The molecule has 5 rings (SSSR count). The Hall–Kier alpha value is -4.56. The van der Waals surface area contributed by atoms with Crippen molar-refractivity contribution in [3.63, 3.8) is 0 Å². The van der Waals surface area contributed by atoms with Crippen LogP contribution in [-0.2, 0) is 0 Å². The van der Waals surface area contributed by atoms with Crippen LogP contribution in [-0.4, -0.2) is 23.1 Å². The number of imidazole rings is 1. The Kier molecular flexibility index (Phi) is 5.95. The monoisotopic (exact) mass is 459 g/mol.